The lowest BCUT2D eigenvalue weighted by atomic mass is 10.1. The maximum Gasteiger partial charge on any atom is 0.295 e. The molecule has 1 unspecified atom stereocenters. The number of nitrogens with two attached hydrogens (primary N) is 2. The van der Waals surface area contributed by atoms with Crippen LogP contribution >= 0.6 is 0 Å². The van der Waals surface area contributed by atoms with Crippen LogP contribution in [-0.4, -0.2) is 30.0 Å². The Balaban J connectivity index is 0.000000235. The number of benzene rings is 1. The number of hydrazine groups is 1. The molecule has 5 N–H and O–H groups in total. The summed E-state index contributed by atoms with van der Waals surface area (Å²) < 4.78 is 30.8. The number of hydrogen-bond acceptors (Lipinski definition) is 6. The van der Waals surface area contributed by atoms with E-state index in [1.165, 1.54) is 5.01 Å². The fourth-order valence-corrected chi connectivity index (χ4v) is 3.12. The molecule has 2 rings (SSSR count). The molecule has 1 heterocycles. The largest absolute Gasteiger partial charge is 0.368 e. The number of aryl methyl sites for hydroxylation is 3. The Bertz CT molecular complexity index is 688. The third-order valence-corrected chi connectivity index (χ3v) is 4.30. The van der Waals surface area contributed by atoms with Gasteiger partial charge in [0.15, 0.2) is 0 Å². The first-order valence-electron chi connectivity index (χ1n) is 6.63. The smallest absolute Gasteiger partial charge is 0.295 e. The van der Waals surface area contributed by atoms with Gasteiger partial charge in [-0.15, -0.1) is 0 Å². The zero-order chi connectivity index (χ0) is 17.1. The maximum atomic E-state index is 10.9. The molecule has 1 aromatic carbocycles. The van der Waals surface area contributed by atoms with Gasteiger partial charge in [-0.05, 0) is 44.9 Å². The number of rotatable bonds is 1. The summed E-state index contributed by atoms with van der Waals surface area (Å²) in [7, 11) is -4.08. The molecule has 0 saturated carbocycles. The van der Waals surface area contributed by atoms with Crippen molar-refractivity contribution in [2.75, 3.05) is 0 Å². The molecule has 0 radical (unpaired) electrons. The van der Waals surface area contributed by atoms with Crippen LogP contribution in [0.3, 0.4) is 0 Å². The second-order valence-corrected chi connectivity index (χ2v) is 6.54. The molecule has 0 spiro atoms. The Morgan fingerprint density at radius 2 is 1.73 bits per heavy atom. The molecule has 22 heavy (non-hydrogen) atoms. The lowest BCUT2D eigenvalue weighted by Gasteiger charge is -2.24. The third-order valence-electron chi connectivity index (χ3n) is 3.14. The molecule has 1 aliphatic rings. The summed E-state index contributed by atoms with van der Waals surface area (Å²) >= 11 is 0. The van der Waals surface area contributed by atoms with Crippen molar-refractivity contribution in [1.82, 2.24) is 5.01 Å². The first kappa shape index (κ1) is 18.1. The van der Waals surface area contributed by atoms with Crippen LogP contribution in [0.5, 0.6) is 0 Å². The van der Waals surface area contributed by atoms with E-state index in [0.29, 0.717) is 17.1 Å². The first-order valence-corrected chi connectivity index (χ1v) is 8.07. The number of hydrogen-bond donors (Lipinski definition) is 3. The van der Waals surface area contributed by atoms with Crippen molar-refractivity contribution >= 4 is 16.1 Å². The zero-order valence-electron chi connectivity index (χ0n) is 13.1. The summed E-state index contributed by atoms with van der Waals surface area (Å²) in [6.07, 6.45) is 3.53. The zero-order valence-corrected chi connectivity index (χ0v) is 13.9. The average molecular weight is 326 g/mol. The highest BCUT2D eigenvalue weighted by atomic mass is 32.2. The summed E-state index contributed by atoms with van der Waals surface area (Å²) in [5, 5.41) is 1.42. The van der Waals surface area contributed by atoms with Crippen molar-refractivity contribution < 1.29 is 13.0 Å². The van der Waals surface area contributed by atoms with Gasteiger partial charge < -0.3 is 5.73 Å². The Morgan fingerprint density at radius 3 is 2.09 bits per heavy atom. The Hall–Kier alpha value is -1.90. The van der Waals surface area contributed by atoms with E-state index in [2.05, 4.69) is 4.99 Å². The van der Waals surface area contributed by atoms with Crippen molar-refractivity contribution in [1.29, 1.82) is 0 Å². The molecule has 8 heteroatoms. The lowest BCUT2D eigenvalue weighted by molar-refractivity contribution is 0.383. The molecule has 0 aromatic heterocycles. The molecular formula is C14H22N4O3S. The van der Waals surface area contributed by atoms with Crippen LogP contribution in [0.25, 0.3) is 0 Å². The van der Waals surface area contributed by atoms with Gasteiger partial charge in [0.2, 0.25) is 5.96 Å². The predicted octanol–water partition coefficient (Wildman–Crippen LogP) is 1.25. The molecule has 1 atom stereocenters. The fraction of sp³-hybridized carbons (Fsp3) is 0.357. The van der Waals surface area contributed by atoms with Crippen LogP contribution in [-0.2, 0) is 10.1 Å². The molecule has 7 nitrogen and oxygen atoms in total. The molecule has 0 amide bonds. The van der Waals surface area contributed by atoms with Crippen LogP contribution in [0.4, 0.5) is 0 Å². The SMILES string of the molecule is CC1C=CN=C(N)N1N.Cc1cc(C)c(S(=O)(=O)O)c(C)c1. The fourth-order valence-electron chi connectivity index (χ4n) is 2.19. The van der Waals surface area contributed by atoms with Gasteiger partial charge in [-0.2, -0.15) is 8.42 Å². The molecule has 1 aromatic rings. The molecule has 0 aliphatic carbocycles. The van der Waals surface area contributed by atoms with Crippen molar-refractivity contribution in [3.05, 3.63) is 41.1 Å². The highest BCUT2D eigenvalue weighted by molar-refractivity contribution is 7.86. The van der Waals surface area contributed by atoms with Gasteiger partial charge in [0.05, 0.1) is 10.9 Å². The van der Waals surface area contributed by atoms with Crippen molar-refractivity contribution in [3.63, 3.8) is 0 Å². The van der Waals surface area contributed by atoms with Gasteiger partial charge in [-0.1, -0.05) is 17.7 Å². The monoisotopic (exact) mass is 326 g/mol. The Labute approximate surface area is 131 Å². The van der Waals surface area contributed by atoms with Gasteiger partial charge in [-0.3, -0.25) is 9.56 Å². The van der Waals surface area contributed by atoms with E-state index < -0.39 is 10.1 Å². The second kappa shape index (κ2) is 6.91. The van der Waals surface area contributed by atoms with E-state index in [0.717, 1.165) is 5.56 Å². The number of guanidine groups is 1. The lowest BCUT2D eigenvalue weighted by Crippen LogP contribution is -2.48. The van der Waals surface area contributed by atoms with Crippen LogP contribution < -0.4 is 11.6 Å². The van der Waals surface area contributed by atoms with Crippen LogP contribution in [0.15, 0.2) is 34.3 Å². The van der Waals surface area contributed by atoms with Crippen LogP contribution in [0.2, 0.25) is 0 Å². The minimum Gasteiger partial charge on any atom is -0.368 e. The first-order chi connectivity index (χ1) is 10.0. The van der Waals surface area contributed by atoms with Crippen molar-refractivity contribution in [3.8, 4) is 0 Å². The Morgan fingerprint density at radius 1 is 1.23 bits per heavy atom. The van der Waals surface area contributed by atoms with E-state index >= 15 is 0 Å². The summed E-state index contributed by atoms with van der Waals surface area (Å²) in [6, 6.07) is 3.62. The van der Waals surface area contributed by atoms with Gasteiger partial charge >= 0.3 is 0 Å². The normalized spacial score (nSPS) is 17.6. The molecule has 0 bridgehead atoms. The number of aliphatic imine (C=N–C) groups is 1. The van der Waals surface area contributed by atoms with Crippen LogP contribution in [0, 0.1) is 20.8 Å². The average Bonchev–Trinajstić information content (AvgIpc) is 2.33. The summed E-state index contributed by atoms with van der Waals surface area (Å²) in [6.45, 7) is 7.16. The molecule has 1 aliphatic heterocycles. The van der Waals surface area contributed by atoms with E-state index in [4.69, 9.17) is 16.1 Å². The standard InChI is InChI=1S/C9H12O3S.C5H10N4/c1-6-4-7(2)9(8(3)5-6)13(10,11)12;1-4-2-3-8-5(6)9(4)7/h4-5H,1-3H3,(H,10,11,12);2-4H,7H2,1H3,(H2,6,8). The van der Waals surface area contributed by atoms with E-state index in [1.54, 1.807) is 32.2 Å². The molecule has 0 saturated heterocycles. The summed E-state index contributed by atoms with van der Waals surface area (Å²) in [5.74, 6) is 5.81. The third kappa shape index (κ3) is 4.55. The van der Waals surface area contributed by atoms with Crippen molar-refractivity contribution in [2.24, 2.45) is 16.6 Å². The molecule has 0 fully saturated rings. The second-order valence-electron chi connectivity index (χ2n) is 5.18. The Kier molecular flexibility index (Phi) is 5.70. The van der Waals surface area contributed by atoms with E-state index in [1.807, 2.05) is 19.9 Å². The van der Waals surface area contributed by atoms with Gasteiger partial charge in [0.1, 0.15) is 0 Å². The van der Waals surface area contributed by atoms with E-state index in [-0.39, 0.29) is 10.9 Å². The predicted molar refractivity (Wildman–Crippen MR) is 86.7 cm³/mol. The summed E-state index contributed by atoms with van der Waals surface area (Å²) in [5.41, 5.74) is 7.52. The highest BCUT2D eigenvalue weighted by Crippen LogP contribution is 2.20. The van der Waals surface area contributed by atoms with Crippen molar-refractivity contribution in [2.45, 2.75) is 38.6 Å². The van der Waals surface area contributed by atoms with Gasteiger partial charge in [-0.25, -0.2) is 10.8 Å². The van der Waals surface area contributed by atoms with Gasteiger partial charge in [0.25, 0.3) is 10.1 Å². The highest BCUT2D eigenvalue weighted by Gasteiger charge is 2.16. The molecular weight excluding hydrogens is 304 g/mol. The molecule has 122 valence electrons. The topological polar surface area (TPSA) is 122 Å². The maximum absolute atomic E-state index is 10.9. The summed E-state index contributed by atoms with van der Waals surface area (Å²) in [4.78, 5) is 3.80. The van der Waals surface area contributed by atoms with Crippen LogP contribution in [0.1, 0.15) is 23.6 Å². The minimum absolute atomic E-state index is 0.0260. The minimum atomic E-state index is -4.08. The van der Waals surface area contributed by atoms with E-state index in [9.17, 15) is 8.42 Å². The number of nitrogens with zero attached hydrogens (tertiary/aromatic N) is 2. The van der Waals surface area contributed by atoms with Gasteiger partial charge in [0, 0.05) is 6.20 Å². The quantitative estimate of drug-likeness (QED) is 0.527.